The molecule has 1 aliphatic carbocycles. The molecule has 2 rings (SSSR count). The largest absolute Gasteiger partial charge is 0.359 e. The molecular weight excluding hydrogens is 413 g/mol. The summed E-state index contributed by atoms with van der Waals surface area (Å²) in [5.74, 6) is -3.10. The van der Waals surface area contributed by atoms with Gasteiger partial charge in [-0.1, -0.05) is 42.0 Å². The molecule has 1 aliphatic rings. The molecule has 1 aromatic rings. The number of hydrogen-bond acceptors (Lipinski definition) is 5. The number of carbonyl (C=O) groups excluding carboxylic acids is 2. The lowest BCUT2D eigenvalue weighted by Crippen LogP contribution is -2.62. The quantitative estimate of drug-likeness (QED) is 0.286. The fraction of sp³-hybridized carbons (Fsp3) is 0.235. The molecule has 0 bridgehead atoms. The second kappa shape index (κ2) is 7.57. The number of thiocarbonyl (C=S) groups is 1. The van der Waals surface area contributed by atoms with Crippen molar-refractivity contribution in [3.8, 4) is 0 Å². The third-order valence-electron chi connectivity index (χ3n) is 4.08. The van der Waals surface area contributed by atoms with Crippen LogP contribution in [0.4, 0.5) is 10.5 Å². The predicted molar refractivity (Wildman–Crippen MR) is 108 cm³/mol. The maximum absolute atomic E-state index is 11.5. The van der Waals surface area contributed by atoms with Crippen LogP contribution in [0.3, 0.4) is 0 Å². The lowest BCUT2D eigenvalue weighted by atomic mass is 9.79. The number of hydrogen-bond donors (Lipinski definition) is 5. The van der Waals surface area contributed by atoms with Gasteiger partial charge < -0.3 is 26.6 Å². The molecule has 1 unspecified atom stereocenters. The summed E-state index contributed by atoms with van der Waals surface area (Å²) in [6.45, 7) is 2.86. The van der Waals surface area contributed by atoms with Crippen LogP contribution in [-0.2, 0) is 4.79 Å². The highest BCUT2D eigenvalue weighted by Crippen LogP contribution is 2.49. The number of halogens is 2. The Morgan fingerprint density at radius 2 is 1.85 bits per heavy atom. The lowest BCUT2D eigenvalue weighted by molar-refractivity contribution is -0.130. The molecular formula is C17H17Cl2N3O4S. The van der Waals surface area contributed by atoms with Crippen molar-refractivity contribution in [2.75, 3.05) is 5.32 Å². The highest BCUT2D eigenvalue weighted by Gasteiger charge is 2.58. The highest BCUT2D eigenvalue weighted by molar-refractivity contribution is 7.80. The van der Waals surface area contributed by atoms with Gasteiger partial charge in [0.15, 0.2) is 4.87 Å². The molecule has 144 valence electrons. The summed E-state index contributed by atoms with van der Waals surface area (Å²) in [6, 6.07) is 5.77. The molecule has 1 atom stereocenters. The molecule has 10 heteroatoms. The van der Waals surface area contributed by atoms with Gasteiger partial charge in [-0.05, 0) is 30.2 Å². The predicted octanol–water partition coefficient (Wildman–Crippen LogP) is 2.21. The number of amides is 3. The number of alkyl halides is 1. The van der Waals surface area contributed by atoms with Crippen LogP contribution in [0.5, 0.6) is 0 Å². The molecule has 0 aromatic heterocycles. The van der Waals surface area contributed by atoms with E-state index in [1.807, 2.05) is 0 Å². The monoisotopic (exact) mass is 429 g/mol. The van der Waals surface area contributed by atoms with E-state index in [9.17, 15) is 19.8 Å². The first-order valence-electron chi connectivity index (χ1n) is 7.63. The molecule has 0 radical (unpaired) electrons. The fourth-order valence-electron chi connectivity index (χ4n) is 2.77. The van der Waals surface area contributed by atoms with E-state index < -0.39 is 26.7 Å². The van der Waals surface area contributed by atoms with E-state index in [2.05, 4.69) is 10.6 Å². The van der Waals surface area contributed by atoms with Crippen molar-refractivity contribution in [3.05, 3.63) is 46.5 Å². The topological polar surface area (TPSA) is 125 Å². The van der Waals surface area contributed by atoms with Crippen LogP contribution in [0.1, 0.15) is 19.4 Å². The van der Waals surface area contributed by atoms with Crippen molar-refractivity contribution in [2.45, 2.75) is 24.5 Å². The van der Waals surface area contributed by atoms with Crippen molar-refractivity contribution in [1.82, 2.24) is 5.32 Å². The van der Waals surface area contributed by atoms with Gasteiger partial charge >= 0.3 is 6.03 Å². The van der Waals surface area contributed by atoms with Crippen molar-refractivity contribution in [3.63, 3.8) is 0 Å². The molecule has 6 N–H and O–H groups in total. The Balaban J connectivity index is 2.74. The molecule has 0 spiro atoms. The number of carbonyl (C=O) groups is 2. The molecule has 0 saturated heterocycles. The minimum atomic E-state index is -2.80. The first-order valence-corrected chi connectivity index (χ1v) is 8.80. The summed E-state index contributed by atoms with van der Waals surface area (Å²) >= 11 is 17.7. The number of aliphatic hydroxyl groups is 2. The van der Waals surface area contributed by atoms with Crippen molar-refractivity contribution < 1.29 is 19.8 Å². The van der Waals surface area contributed by atoms with Gasteiger partial charge in [0.05, 0.1) is 5.03 Å². The average molecular weight is 430 g/mol. The zero-order valence-corrected chi connectivity index (χ0v) is 16.7. The zero-order valence-electron chi connectivity index (χ0n) is 14.3. The molecule has 3 amide bonds. The minimum Gasteiger partial charge on any atom is -0.359 e. The Morgan fingerprint density at radius 1 is 1.26 bits per heavy atom. The van der Waals surface area contributed by atoms with E-state index in [0.29, 0.717) is 16.8 Å². The zero-order chi connectivity index (χ0) is 20.6. The third kappa shape index (κ3) is 3.71. The number of nitrogens with two attached hydrogens (primary N) is 1. The number of rotatable bonds is 3. The second-order valence-corrected chi connectivity index (χ2v) is 7.29. The number of benzene rings is 1. The van der Waals surface area contributed by atoms with Crippen LogP contribution in [0.15, 0.2) is 40.9 Å². The van der Waals surface area contributed by atoms with Gasteiger partial charge in [0.25, 0.3) is 0 Å². The number of allylic oxidation sites excluding steroid dienone is 2. The van der Waals surface area contributed by atoms with Crippen molar-refractivity contribution in [1.29, 1.82) is 0 Å². The maximum Gasteiger partial charge on any atom is 0.317 e. The van der Waals surface area contributed by atoms with Gasteiger partial charge in [-0.2, -0.15) is 0 Å². The molecule has 1 aromatic carbocycles. The van der Waals surface area contributed by atoms with E-state index in [0.717, 1.165) is 0 Å². The number of para-hydroxylation sites is 1. The minimum absolute atomic E-state index is 0.190. The Kier molecular flexibility index (Phi) is 5.98. The van der Waals surface area contributed by atoms with E-state index >= 15 is 0 Å². The van der Waals surface area contributed by atoms with E-state index in [1.54, 1.807) is 24.3 Å². The summed E-state index contributed by atoms with van der Waals surface area (Å²) < 4.78 is 0. The van der Waals surface area contributed by atoms with Crippen molar-refractivity contribution in [2.24, 2.45) is 5.73 Å². The molecule has 7 nitrogen and oxygen atoms in total. The maximum atomic E-state index is 11.5. The number of primary amides is 1. The summed E-state index contributed by atoms with van der Waals surface area (Å²) in [5.41, 5.74) is 6.64. The standard InChI is InChI=1S/C17H17Cl2N3O4S/c1-8-11(10-5-3-4-6-12(10)21-9(2)23)7-13(18)17(25,26)16(8,19)14(27)22-15(20)24/h3-7,25-26H,1-2H3,(H,21,23)(H3,20,22,24,27). The van der Waals surface area contributed by atoms with Gasteiger partial charge in [0, 0.05) is 18.2 Å². The van der Waals surface area contributed by atoms with Crippen LogP contribution in [0, 0.1) is 0 Å². The lowest BCUT2D eigenvalue weighted by Gasteiger charge is -2.43. The van der Waals surface area contributed by atoms with Crippen LogP contribution < -0.4 is 16.4 Å². The van der Waals surface area contributed by atoms with E-state index in [1.165, 1.54) is 19.9 Å². The van der Waals surface area contributed by atoms with E-state index in [-0.39, 0.29) is 11.5 Å². The Morgan fingerprint density at radius 3 is 2.41 bits per heavy atom. The molecule has 0 heterocycles. The number of urea groups is 1. The average Bonchev–Trinajstić information content (AvgIpc) is 2.56. The smallest absolute Gasteiger partial charge is 0.317 e. The summed E-state index contributed by atoms with van der Waals surface area (Å²) in [5, 5.41) is 25.4. The number of nitrogens with one attached hydrogen (secondary N) is 2. The first-order chi connectivity index (χ1) is 12.4. The van der Waals surface area contributed by atoms with Gasteiger partial charge in [-0.3, -0.25) is 4.79 Å². The Labute approximate surface area is 170 Å². The van der Waals surface area contributed by atoms with Gasteiger partial charge in [-0.25, -0.2) is 4.79 Å². The van der Waals surface area contributed by atoms with Crippen LogP contribution in [-0.4, -0.2) is 37.8 Å². The first kappa shape index (κ1) is 21.3. The van der Waals surface area contributed by atoms with Gasteiger partial charge in [-0.15, -0.1) is 11.6 Å². The molecule has 0 saturated carbocycles. The highest BCUT2D eigenvalue weighted by atomic mass is 35.5. The number of anilines is 1. The molecule has 0 aliphatic heterocycles. The Bertz CT molecular complexity index is 898. The summed E-state index contributed by atoms with van der Waals surface area (Å²) in [4.78, 5) is 20.1. The Hall–Kier alpha value is -1.97. The summed E-state index contributed by atoms with van der Waals surface area (Å²) in [6.07, 6.45) is 1.31. The van der Waals surface area contributed by atoms with Crippen LogP contribution in [0.25, 0.3) is 5.57 Å². The normalized spacial score (nSPS) is 21.3. The fourth-order valence-corrected chi connectivity index (χ4v) is 3.72. The van der Waals surface area contributed by atoms with Crippen LogP contribution >= 0.6 is 35.4 Å². The molecule has 0 fully saturated rings. The van der Waals surface area contributed by atoms with Gasteiger partial charge in [0.1, 0.15) is 4.99 Å². The van der Waals surface area contributed by atoms with Gasteiger partial charge in [0.2, 0.25) is 11.7 Å². The SMILES string of the molecule is CC(=O)Nc1ccccc1C1=C(C)C(Cl)(C(=S)NC(N)=O)C(O)(O)C(Cl)=C1. The molecule has 27 heavy (non-hydrogen) atoms. The second-order valence-electron chi connectivity index (χ2n) is 5.91. The van der Waals surface area contributed by atoms with Crippen molar-refractivity contribution >= 4 is 63.6 Å². The third-order valence-corrected chi connectivity index (χ3v) is 5.71. The van der Waals surface area contributed by atoms with E-state index in [4.69, 9.17) is 41.2 Å². The summed E-state index contributed by atoms with van der Waals surface area (Å²) in [7, 11) is 0. The van der Waals surface area contributed by atoms with Crippen LogP contribution in [0.2, 0.25) is 0 Å².